The number of rotatable bonds is 4. The molecule has 5 aromatic rings. The Morgan fingerprint density at radius 1 is 0.900 bits per heavy atom. The molecular weight excluding hydrogens is 440 g/mol. The molecule has 0 unspecified atom stereocenters. The predicted molar refractivity (Wildman–Crippen MR) is 125 cm³/mol. The van der Waals surface area contributed by atoms with Crippen molar-refractivity contribution in [2.75, 3.05) is 5.43 Å². The molecule has 2 N–H and O–H groups in total. The van der Waals surface area contributed by atoms with E-state index in [9.17, 15) is 0 Å². The summed E-state index contributed by atoms with van der Waals surface area (Å²) in [6, 6.07) is 23.9. The first kappa shape index (κ1) is 18.4. The van der Waals surface area contributed by atoms with Crippen molar-refractivity contribution in [1.82, 2.24) is 19.9 Å². The SMILES string of the molecule is C/C(=N\Nc1nc(-c2ccccc2)c2cc(Br)ccc2n1)c1nc2ccccc2[nH]1. The molecule has 0 aliphatic carbocycles. The second kappa shape index (κ2) is 7.68. The lowest BCUT2D eigenvalue weighted by Crippen LogP contribution is -2.05. The molecule has 3 aromatic carbocycles. The number of imidazole rings is 1. The zero-order valence-corrected chi connectivity index (χ0v) is 17.7. The number of hydrogen-bond acceptors (Lipinski definition) is 5. The third kappa shape index (κ3) is 3.55. The van der Waals surface area contributed by atoms with Crippen LogP contribution in [-0.2, 0) is 0 Å². The van der Waals surface area contributed by atoms with Crippen molar-refractivity contribution in [2.45, 2.75) is 6.92 Å². The van der Waals surface area contributed by atoms with Gasteiger partial charge in [0.1, 0.15) is 5.71 Å². The van der Waals surface area contributed by atoms with E-state index in [0.717, 1.165) is 37.7 Å². The first-order chi connectivity index (χ1) is 14.7. The molecule has 0 atom stereocenters. The average Bonchev–Trinajstić information content (AvgIpc) is 3.22. The fraction of sp³-hybridized carbons (Fsp3) is 0.0435. The zero-order valence-electron chi connectivity index (χ0n) is 16.1. The van der Waals surface area contributed by atoms with E-state index >= 15 is 0 Å². The summed E-state index contributed by atoms with van der Waals surface area (Å²) >= 11 is 3.54. The molecule has 7 heteroatoms. The van der Waals surface area contributed by atoms with Crippen LogP contribution in [0.25, 0.3) is 33.2 Å². The maximum Gasteiger partial charge on any atom is 0.244 e. The number of halogens is 1. The molecule has 0 saturated carbocycles. The Balaban J connectivity index is 1.54. The van der Waals surface area contributed by atoms with Crippen molar-refractivity contribution in [1.29, 1.82) is 0 Å². The molecule has 0 amide bonds. The van der Waals surface area contributed by atoms with Gasteiger partial charge in [-0.05, 0) is 37.3 Å². The summed E-state index contributed by atoms with van der Waals surface area (Å²) in [7, 11) is 0. The van der Waals surface area contributed by atoms with Gasteiger partial charge in [-0.3, -0.25) is 0 Å². The van der Waals surface area contributed by atoms with Gasteiger partial charge in [0.2, 0.25) is 5.95 Å². The molecule has 2 aromatic heterocycles. The van der Waals surface area contributed by atoms with E-state index in [4.69, 9.17) is 4.98 Å². The van der Waals surface area contributed by atoms with Crippen LogP contribution >= 0.6 is 15.9 Å². The van der Waals surface area contributed by atoms with Gasteiger partial charge in [-0.25, -0.2) is 20.4 Å². The molecule has 146 valence electrons. The molecular formula is C23H17BrN6. The number of benzene rings is 3. The van der Waals surface area contributed by atoms with Gasteiger partial charge in [0.05, 0.1) is 22.2 Å². The minimum absolute atomic E-state index is 0.430. The van der Waals surface area contributed by atoms with E-state index in [1.807, 2.05) is 79.7 Å². The van der Waals surface area contributed by atoms with E-state index in [0.29, 0.717) is 17.5 Å². The number of nitrogens with one attached hydrogen (secondary N) is 2. The van der Waals surface area contributed by atoms with Crippen LogP contribution in [0.5, 0.6) is 0 Å². The highest BCUT2D eigenvalue weighted by Crippen LogP contribution is 2.29. The van der Waals surface area contributed by atoms with Crippen molar-refractivity contribution in [3.63, 3.8) is 0 Å². The lowest BCUT2D eigenvalue weighted by molar-refractivity contribution is 1.14. The summed E-state index contributed by atoms with van der Waals surface area (Å²) < 4.78 is 0.982. The first-order valence-corrected chi connectivity index (χ1v) is 10.2. The number of aromatic nitrogens is 4. The molecule has 0 aliphatic heterocycles. The van der Waals surface area contributed by atoms with Crippen molar-refractivity contribution in [3.05, 3.63) is 83.1 Å². The van der Waals surface area contributed by atoms with Crippen LogP contribution in [0.2, 0.25) is 0 Å². The largest absolute Gasteiger partial charge is 0.337 e. The molecule has 0 aliphatic rings. The maximum absolute atomic E-state index is 4.74. The van der Waals surface area contributed by atoms with Crippen molar-refractivity contribution in [3.8, 4) is 11.3 Å². The van der Waals surface area contributed by atoms with Gasteiger partial charge >= 0.3 is 0 Å². The van der Waals surface area contributed by atoms with Gasteiger partial charge in [-0.1, -0.05) is 58.4 Å². The fourth-order valence-corrected chi connectivity index (χ4v) is 3.64. The van der Waals surface area contributed by atoms with Crippen LogP contribution in [0.1, 0.15) is 12.7 Å². The highest BCUT2D eigenvalue weighted by Gasteiger charge is 2.11. The summed E-state index contributed by atoms with van der Waals surface area (Å²) in [5.41, 5.74) is 8.29. The predicted octanol–water partition coefficient (Wildman–Crippen LogP) is 5.77. The molecule has 0 bridgehead atoms. The minimum Gasteiger partial charge on any atom is -0.337 e. The highest BCUT2D eigenvalue weighted by molar-refractivity contribution is 9.10. The number of aromatic amines is 1. The molecule has 2 heterocycles. The molecule has 0 fully saturated rings. The van der Waals surface area contributed by atoms with Crippen LogP contribution < -0.4 is 5.43 Å². The standard InChI is InChI=1S/C23H17BrN6/c1-14(22-25-19-9-5-6-10-20(19)26-22)29-30-23-27-18-12-11-16(24)13-17(18)21(28-23)15-7-3-2-4-8-15/h2-13H,1H3,(H,25,26)(H,27,28,30)/b29-14+. The zero-order chi connectivity index (χ0) is 20.5. The Kier molecular flexibility index (Phi) is 4.72. The van der Waals surface area contributed by atoms with Crippen LogP contribution in [0.4, 0.5) is 5.95 Å². The monoisotopic (exact) mass is 456 g/mol. The second-order valence-corrected chi connectivity index (χ2v) is 7.75. The number of H-pyrrole nitrogens is 1. The van der Waals surface area contributed by atoms with Gasteiger partial charge in [0.15, 0.2) is 5.82 Å². The average molecular weight is 457 g/mol. The van der Waals surface area contributed by atoms with E-state index in [1.165, 1.54) is 0 Å². The Bertz CT molecular complexity index is 1360. The molecule has 30 heavy (non-hydrogen) atoms. The number of nitrogens with zero attached hydrogens (tertiary/aromatic N) is 4. The smallest absolute Gasteiger partial charge is 0.244 e. The molecule has 5 rings (SSSR count). The molecule has 0 saturated heterocycles. The minimum atomic E-state index is 0.430. The Labute approximate surface area is 181 Å². The Morgan fingerprint density at radius 2 is 1.70 bits per heavy atom. The third-order valence-corrected chi connectivity index (χ3v) is 5.25. The summed E-state index contributed by atoms with van der Waals surface area (Å²) in [5, 5.41) is 5.43. The van der Waals surface area contributed by atoms with Crippen LogP contribution in [0.3, 0.4) is 0 Å². The topological polar surface area (TPSA) is 78.8 Å². The summed E-state index contributed by atoms with van der Waals surface area (Å²) in [4.78, 5) is 17.2. The Morgan fingerprint density at radius 3 is 2.53 bits per heavy atom. The quantitative estimate of drug-likeness (QED) is 0.265. The maximum atomic E-state index is 4.74. The van der Waals surface area contributed by atoms with Gasteiger partial charge in [0.25, 0.3) is 0 Å². The summed E-state index contributed by atoms with van der Waals surface area (Å²) in [6.45, 7) is 1.89. The number of para-hydroxylation sites is 2. The van der Waals surface area contributed by atoms with Crippen molar-refractivity contribution >= 4 is 49.5 Å². The van der Waals surface area contributed by atoms with Crippen molar-refractivity contribution < 1.29 is 0 Å². The third-order valence-electron chi connectivity index (χ3n) is 4.76. The summed E-state index contributed by atoms with van der Waals surface area (Å²) in [5.74, 6) is 1.14. The molecule has 0 radical (unpaired) electrons. The van der Waals surface area contributed by atoms with E-state index in [-0.39, 0.29) is 0 Å². The van der Waals surface area contributed by atoms with E-state index < -0.39 is 0 Å². The van der Waals surface area contributed by atoms with Gasteiger partial charge in [-0.15, -0.1) is 0 Å². The first-order valence-electron chi connectivity index (χ1n) is 9.45. The van der Waals surface area contributed by atoms with E-state index in [2.05, 4.69) is 41.4 Å². The van der Waals surface area contributed by atoms with Gasteiger partial charge < -0.3 is 4.98 Å². The van der Waals surface area contributed by atoms with Gasteiger partial charge in [-0.2, -0.15) is 5.10 Å². The number of anilines is 1. The molecule has 0 spiro atoms. The van der Waals surface area contributed by atoms with Crippen molar-refractivity contribution in [2.24, 2.45) is 5.10 Å². The number of hydrogen-bond donors (Lipinski definition) is 2. The summed E-state index contributed by atoms with van der Waals surface area (Å²) in [6.07, 6.45) is 0. The van der Waals surface area contributed by atoms with Crippen LogP contribution in [0, 0.1) is 0 Å². The van der Waals surface area contributed by atoms with Crippen LogP contribution in [-0.4, -0.2) is 25.6 Å². The lowest BCUT2D eigenvalue weighted by Gasteiger charge is -2.09. The molecule has 6 nitrogen and oxygen atoms in total. The lowest BCUT2D eigenvalue weighted by atomic mass is 10.1. The van der Waals surface area contributed by atoms with E-state index in [1.54, 1.807) is 0 Å². The second-order valence-electron chi connectivity index (χ2n) is 6.83. The van der Waals surface area contributed by atoms with Crippen LogP contribution in [0.15, 0.2) is 82.4 Å². The fourth-order valence-electron chi connectivity index (χ4n) is 3.28. The highest BCUT2D eigenvalue weighted by atomic mass is 79.9. The number of fused-ring (bicyclic) bond motifs is 2. The normalized spacial score (nSPS) is 11.9. The van der Waals surface area contributed by atoms with Gasteiger partial charge in [0, 0.05) is 15.4 Å². The Hall–Kier alpha value is -3.58. The number of hydrazone groups is 1.